The normalized spacial score (nSPS) is 9.54. The van der Waals surface area contributed by atoms with Gasteiger partial charge in [0.2, 0.25) is 0 Å². The number of carbonyl (C=O) groups excluding carboxylic acids is 1. The number of rotatable bonds is 10. The molecule has 0 saturated heterocycles. The molecule has 0 heterocycles. The number of esters is 1. The Morgan fingerprint density at radius 3 is 1.35 bits per heavy atom. The molecule has 37 heavy (non-hydrogen) atoms. The summed E-state index contributed by atoms with van der Waals surface area (Å²) in [5.74, 6) is -0.400. The number of aliphatic hydroxyl groups excluding tert-OH is 1. The van der Waals surface area contributed by atoms with E-state index in [1.807, 2.05) is 20.8 Å². The maximum absolute atomic E-state index is 10.5. The van der Waals surface area contributed by atoms with Crippen molar-refractivity contribution in [1.29, 1.82) is 0 Å². The van der Waals surface area contributed by atoms with Crippen LogP contribution in [0, 0.1) is 0 Å². The topological polar surface area (TPSA) is 65.0 Å². The lowest BCUT2D eigenvalue weighted by Gasteiger charge is -2.09. The fourth-order valence-electron chi connectivity index (χ4n) is 0.940. The third-order valence-electron chi connectivity index (χ3n) is 2.69. The molecule has 0 aliphatic rings. The predicted octanol–water partition coefficient (Wildman–Crippen LogP) is 9.22. The average Bonchev–Trinajstić information content (AvgIpc) is 2.76. The second kappa shape index (κ2) is 59.6. The molecule has 0 aromatic carbocycles. The lowest BCUT2D eigenvalue weighted by atomic mass is 10.3. The van der Waals surface area contributed by atoms with Crippen LogP contribution in [0.15, 0.2) is 12.7 Å². The van der Waals surface area contributed by atoms with E-state index in [2.05, 4.69) is 13.5 Å². The van der Waals surface area contributed by atoms with Crippen LogP contribution in [0.5, 0.6) is 0 Å². The molecule has 2 atom stereocenters. The van der Waals surface area contributed by atoms with Crippen LogP contribution in [0.1, 0.15) is 92.0 Å². The molecule has 0 saturated carbocycles. The van der Waals surface area contributed by atoms with E-state index in [-0.39, 0.29) is 63.9 Å². The molecule has 1 N–H and O–H groups in total. The molecule has 240 valence electrons. The van der Waals surface area contributed by atoms with Gasteiger partial charge in [-0.05, 0) is 33.6 Å². The number of aliphatic hydroxyl groups is 1. The van der Waals surface area contributed by atoms with Gasteiger partial charge in [-0.3, -0.25) is 8.78 Å². The number of hydrogen-bond donors (Lipinski definition) is 1. The minimum Gasteiger partial charge on any atom is -0.460 e. The van der Waals surface area contributed by atoms with Gasteiger partial charge in [-0.1, -0.05) is 65.0 Å². The Hall–Kier alpha value is -1.33. The van der Waals surface area contributed by atoms with Gasteiger partial charge in [-0.25, -0.2) is 9.18 Å². The van der Waals surface area contributed by atoms with E-state index in [9.17, 15) is 31.1 Å². The molecular formula is C26H64F6O5. The molecule has 0 spiro atoms. The second-order valence-corrected chi connectivity index (χ2v) is 5.29. The van der Waals surface area contributed by atoms with Crippen molar-refractivity contribution in [3.8, 4) is 0 Å². The maximum Gasteiger partial charge on any atom is 0.416 e. The van der Waals surface area contributed by atoms with Gasteiger partial charge < -0.3 is 19.3 Å². The highest BCUT2D eigenvalue weighted by Gasteiger charge is 2.26. The molecule has 0 rings (SSSR count). The quantitative estimate of drug-likeness (QED) is 0.123. The summed E-state index contributed by atoms with van der Waals surface area (Å²) in [5.41, 5.74) is 0. The Balaban J connectivity index is -0.0000000269. The van der Waals surface area contributed by atoms with Crippen molar-refractivity contribution in [3.63, 3.8) is 0 Å². The third-order valence-corrected chi connectivity index (χ3v) is 2.69. The lowest BCUT2D eigenvalue weighted by molar-refractivity contribution is -0.142. The summed E-state index contributed by atoms with van der Waals surface area (Å²) in [6.45, 7) is 11.7. The van der Waals surface area contributed by atoms with Gasteiger partial charge in [0.15, 0.2) is 6.67 Å². The second-order valence-electron chi connectivity index (χ2n) is 5.29. The average molecular weight is 571 g/mol. The Morgan fingerprint density at radius 1 is 0.838 bits per heavy atom. The van der Waals surface area contributed by atoms with E-state index >= 15 is 0 Å². The highest BCUT2D eigenvalue weighted by Crippen LogP contribution is 2.13. The first-order valence-electron chi connectivity index (χ1n) is 9.68. The standard InChI is InChI=1S/C9H16O3.C6H14O2.C2H2F4.C2H5F.CH3F.6CH4/c1-4-8(3)11-6-7-12-9(10)5-2;1-3-6(2)8-5-4-7;3-1-2(4,5)6;1-2-3;1-2;;;;;;/h5,8H,2,4,6-7H2,1,3H3;6-7H,3-5H2,1-2H3;1H2;2H2,1H3;1H3;6*1H4. The van der Waals surface area contributed by atoms with Crippen molar-refractivity contribution < 1.29 is 50.5 Å². The summed E-state index contributed by atoms with van der Waals surface area (Å²) in [6, 6.07) is 0. The summed E-state index contributed by atoms with van der Waals surface area (Å²) in [7, 11) is 0.500. The van der Waals surface area contributed by atoms with Crippen LogP contribution in [0.25, 0.3) is 0 Å². The molecule has 11 heteroatoms. The summed E-state index contributed by atoms with van der Waals surface area (Å²) in [4.78, 5) is 10.5. The Kier molecular flexibility index (Phi) is 114. The first-order valence-corrected chi connectivity index (χ1v) is 9.68. The molecule has 0 amide bonds. The van der Waals surface area contributed by atoms with E-state index < -0.39 is 18.8 Å². The van der Waals surface area contributed by atoms with E-state index in [0.717, 1.165) is 18.9 Å². The van der Waals surface area contributed by atoms with E-state index in [1.165, 1.54) is 6.92 Å². The molecular weight excluding hydrogens is 506 g/mol. The number of halogens is 6. The number of hydrogen-bond acceptors (Lipinski definition) is 5. The fraction of sp³-hybridized carbons (Fsp3) is 0.885. The molecule has 0 aliphatic carbocycles. The molecule has 0 fully saturated rings. The zero-order valence-corrected chi connectivity index (χ0v) is 19.4. The minimum atomic E-state index is -4.62. The summed E-state index contributed by atoms with van der Waals surface area (Å²) >= 11 is 0. The van der Waals surface area contributed by atoms with Crippen molar-refractivity contribution in [2.45, 2.75) is 110 Å². The molecule has 2 unspecified atom stereocenters. The third kappa shape index (κ3) is 106. The Morgan fingerprint density at radius 2 is 1.14 bits per heavy atom. The van der Waals surface area contributed by atoms with Crippen LogP contribution in [-0.4, -0.2) is 76.4 Å². The first-order chi connectivity index (χ1) is 14.5. The smallest absolute Gasteiger partial charge is 0.416 e. The summed E-state index contributed by atoms with van der Waals surface area (Å²) in [5, 5.41) is 8.29. The van der Waals surface area contributed by atoms with Crippen LogP contribution in [0.2, 0.25) is 0 Å². The molecule has 0 aromatic rings. The van der Waals surface area contributed by atoms with Gasteiger partial charge in [0, 0.05) is 6.08 Å². The highest BCUT2D eigenvalue weighted by molar-refractivity contribution is 5.81. The van der Waals surface area contributed by atoms with Gasteiger partial charge in [-0.2, -0.15) is 13.2 Å². The van der Waals surface area contributed by atoms with Gasteiger partial charge in [0.1, 0.15) is 6.61 Å². The zero-order chi connectivity index (χ0) is 25.7. The predicted molar refractivity (Wildman–Crippen MR) is 151 cm³/mol. The van der Waals surface area contributed by atoms with Gasteiger partial charge in [-0.15, -0.1) is 0 Å². The first kappa shape index (κ1) is 70.4. The molecule has 5 nitrogen and oxygen atoms in total. The molecule has 0 aliphatic heterocycles. The molecule has 0 aromatic heterocycles. The Labute approximate surface area is 227 Å². The highest BCUT2D eigenvalue weighted by atomic mass is 19.4. The van der Waals surface area contributed by atoms with Crippen LogP contribution >= 0.6 is 0 Å². The molecule has 0 radical (unpaired) electrons. The number of ether oxygens (including phenoxy) is 3. The van der Waals surface area contributed by atoms with Crippen molar-refractivity contribution >= 4 is 5.97 Å². The van der Waals surface area contributed by atoms with E-state index in [0.29, 0.717) is 33.1 Å². The molecule has 0 bridgehead atoms. The van der Waals surface area contributed by atoms with E-state index in [1.54, 1.807) is 0 Å². The van der Waals surface area contributed by atoms with Crippen molar-refractivity contribution in [2.75, 3.05) is 47.0 Å². The lowest BCUT2D eigenvalue weighted by Crippen LogP contribution is -2.13. The monoisotopic (exact) mass is 570 g/mol. The van der Waals surface area contributed by atoms with E-state index in [4.69, 9.17) is 19.3 Å². The van der Waals surface area contributed by atoms with Crippen molar-refractivity contribution in [1.82, 2.24) is 0 Å². The van der Waals surface area contributed by atoms with Gasteiger partial charge >= 0.3 is 12.1 Å². The fourth-order valence-corrected chi connectivity index (χ4v) is 0.940. The van der Waals surface area contributed by atoms with Crippen LogP contribution in [0.4, 0.5) is 26.3 Å². The zero-order valence-electron chi connectivity index (χ0n) is 19.4. The maximum atomic E-state index is 10.5. The SMILES string of the molecule is C.C.C.C.C.C.C=CC(=O)OCCOC(C)CC.CCC(C)OCCO.CCF.CF.FCC(F)(F)F. The largest absolute Gasteiger partial charge is 0.460 e. The number of carbonyl (C=O) groups is 1. The van der Waals surface area contributed by atoms with Crippen LogP contribution in [0.3, 0.4) is 0 Å². The summed E-state index contributed by atoms with van der Waals surface area (Å²) in [6.07, 6.45) is -0.979. The van der Waals surface area contributed by atoms with Crippen molar-refractivity contribution in [3.05, 3.63) is 12.7 Å². The minimum absolute atomic E-state index is 0. The van der Waals surface area contributed by atoms with Gasteiger partial charge in [0.05, 0.1) is 45.9 Å². The van der Waals surface area contributed by atoms with Gasteiger partial charge in [0.25, 0.3) is 0 Å². The van der Waals surface area contributed by atoms with Crippen molar-refractivity contribution in [2.24, 2.45) is 0 Å². The van der Waals surface area contributed by atoms with Crippen LogP contribution in [-0.2, 0) is 19.0 Å². The summed E-state index contributed by atoms with van der Waals surface area (Å²) < 4.78 is 76.5. The number of alkyl halides is 6. The van der Waals surface area contributed by atoms with Crippen LogP contribution < -0.4 is 0 Å². The Bertz CT molecular complexity index is 348.